The number of hydrogen-bond acceptors (Lipinski definition) is 6. The van der Waals surface area contributed by atoms with E-state index in [0.717, 1.165) is 56.4 Å². The topological polar surface area (TPSA) is 153 Å². The van der Waals surface area contributed by atoms with Crippen LogP contribution in [0.3, 0.4) is 0 Å². The molecule has 0 bridgehead atoms. The number of aldehydes is 1. The maximum Gasteiger partial charge on any atom is 0.321 e. The van der Waals surface area contributed by atoms with Crippen LogP contribution in [0, 0.1) is 5.92 Å². The molecule has 1 unspecified atom stereocenters. The number of anilines is 2. The predicted molar refractivity (Wildman–Crippen MR) is 170 cm³/mol. The van der Waals surface area contributed by atoms with Gasteiger partial charge in [-0.05, 0) is 66.5 Å². The van der Waals surface area contributed by atoms with Crippen molar-refractivity contribution in [2.45, 2.75) is 59.8 Å². The normalized spacial score (nSPS) is 13.5. The first-order valence-electron chi connectivity index (χ1n) is 13.8. The molecule has 0 spiro atoms. The number of benzene rings is 1. The van der Waals surface area contributed by atoms with Gasteiger partial charge in [-0.25, -0.2) is 14.6 Å². The Morgan fingerprint density at radius 3 is 2.40 bits per heavy atom. The standard InChI is InChI=1S/C20H29BrN8O2.C6H12O.C2H6/c1-23-13-17(21)18(24-8-5-9-25-19(22)30)27-14-26-15-6-4-7-16(12-15)28-20(31)29-10-2-3-11-29;1-3-4-6(2)5-7;1-2/h4,6-7,12-13,26H,1-3,5,8-11,14H2,(H,24,27)(H,28,31)(H3,22,25,30);5-6H,3-4H2,1-2H3;1-2H3/b17-13+;;. The second kappa shape index (κ2) is 23.5. The quantitative estimate of drug-likeness (QED) is 0.0872. The molecule has 1 aromatic carbocycles. The van der Waals surface area contributed by atoms with Crippen LogP contribution in [0.5, 0.6) is 0 Å². The highest BCUT2D eigenvalue weighted by molar-refractivity contribution is 9.12. The molecule has 0 radical (unpaired) electrons. The van der Waals surface area contributed by atoms with Crippen molar-refractivity contribution in [1.82, 2.24) is 15.5 Å². The predicted octanol–water partition coefficient (Wildman–Crippen LogP) is 5.31. The van der Waals surface area contributed by atoms with E-state index in [-0.39, 0.29) is 11.9 Å². The van der Waals surface area contributed by atoms with Gasteiger partial charge in [0, 0.05) is 49.7 Å². The largest absolute Gasteiger partial charge is 0.369 e. The third-order valence-corrected chi connectivity index (χ3v) is 5.96. The van der Waals surface area contributed by atoms with Crippen molar-refractivity contribution in [3.8, 4) is 0 Å². The number of urea groups is 2. The smallest absolute Gasteiger partial charge is 0.321 e. The van der Waals surface area contributed by atoms with Gasteiger partial charge in [0.25, 0.3) is 0 Å². The summed E-state index contributed by atoms with van der Waals surface area (Å²) in [6.07, 6.45) is 7.47. The second-order valence-electron chi connectivity index (χ2n) is 8.68. The number of halogens is 1. The Morgan fingerprint density at radius 2 is 1.82 bits per heavy atom. The lowest BCUT2D eigenvalue weighted by molar-refractivity contribution is -0.110. The van der Waals surface area contributed by atoms with Crippen LogP contribution < -0.4 is 27.0 Å². The molecule has 1 heterocycles. The molecule has 224 valence electrons. The van der Waals surface area contributed by atoms with Gasteiger partial charge in [0.15, 0.2) is 0 Å². The van der Waals surface area contributed by atoms with Gasteiger partial charge in [0.05, 0.1) is 4.48 Å². The van der Waals surface area contributed by atoms with Crippen LogP contribution in [0.1, 0.15) is 59.8 Å². The maximum absolute atomic E-state index is 12.3. The summed E-state index contributed by atoms with van der Waals surface area (Å²) in [7, 11) is 0. The molecule has 1 fully saturated rings. The average Bonchev–Trinajstić information content (AvgIpc) is 3.49. The monoisotopic (exact) mass is 622 g/mol. The summed E-state index contributed by atoms with van der Waals surface area (Å²) >= 11 is 3.42. The van der Waals surface area contributed by atoms with Gasteiger partial charge in [0.1, 0.15) is 18.8 Å². The summed E-state index contributed by atoms with van der Waals surface area (Å²) in [6.45, 7) is 14.4. The van der Waals surface area contributed by atoms with E-state index >= 15 is 0 Å². The molecular weight excluding hydrogens is 576 g/mol. The Bertz CT molecular complexity index is 949. The van der Waals surface area contributed by atoms with Crippen LogP contribution >= 0.6 is 15.9 Å². The molecule has 11 nitrogen and oxygen atoms in total. The number of carbonyl (C=O) groups excluding carboxylic acids is 3. The third-order valence-electron chi connectivity index (χ3n) is 5.38. The molecule has 4 amide bonds. The van der Waals surface area contributed by atoms with Crippen molar-refractivity contribution in [3.05, 3.63) is 34.9 Å². The van der Waals surface area contributed by atoms with Crippen molar-refractivity contribution in [1.29, 1.82) is 0 Å². The molecule has 12 heteroatoms. The van der Waals surface area contributed by atoms with Gasteiger partial charge in [0.2, 0.25) is 0 Å². The molecule has 0 saturated carbocycles. The van der Waals surface area contributed by atoms with Gasteiger partial charge in [-0.1, -0.05) is 40.2 Å². The van der Waals surface area contributed by atoms with Crippen molar-refractivity contribution in [2.24, 2.45) is 21.6 Å². The fraction of sp³-hybridized carbons (Fsp3) is 0.536. The molecule has 6 N–H and O–H groups in total. The van der Waals surface area contributed by atoms with E-state index in [9.17, 15) is 14.4 Å². The molecule has 1 atom stereocenters. The number of amidine groups is 1. The van der Waals surface area contributed by atoms with E-state index in [1.54, 1.807) is 6.20 Å². The van der Waals surface area contributed by atoms with Crippen molar-refractivity contribution >= 4 is 58.2 Å². The zero-order valence-electron chi connectivity index (χ0n) is 24.3. The summed E-state index contributed by atoms with van der Waals surface area (Å²) in [5, 5.41) is 11.9. The van der Waals surface area contributed by atoms with E-state index in [1.165, 1.54) is 0 Å². The van der Waals surface area contributed by atoms with Crippen molar-refractivity contribution in [2.75, 3.05) is 43.5 Å². The number of aliphatic imine (C=N–C) groups is 2. The molecule has 1 aliphatic rings. The van der Waals surface area contributed by atoms with E-state index in [1.807, 2.05) is 49.9 Å². The molecule has 1 saturated heterocycles. The number of rotatable bonds is 13. The number of amides is 4. The lowest BCUT2D eigenvalue weighted by atomic mass is 10.1. The number of primary amides is 1. The van der Waals surface area contributed by atoms with Crippen LogP contribution in [0.2, 0.25) is 0 Å². The minimum absolute atomic E-state index is 0.0732. The summed E-state index contributed by atoms with van der Waals surface area (Å²) in [5.74, 6) is 0.863. The van der Waals surface area contributed by atoms with Crippen molar-refractivity contribution < 1.29 is 14.4 Å². The number of hydrogen-bond donors (Lipinski definition) is 5. The second-order valence-corrected chi connectivity index (χ2v) is 9.53. The van der Waals surface area contributed by atoms with Crippen LogP contribution in [-0.2, 0) is 4.79 Å². The number of nitrogens with one attached hydrogen (secondary N) is 4. The van der Waals surface area contributed by atoms with Crippen molar-refractivity contribution in [3.63, 3.8) is 0 Å². The van der Waals surface area contributed by atoms with Crippen LogP contribution in [0.25, 0.3) is 0 Å². The Morgan fingerprint density at radius 1 is 1.18 bits per heavy atom. The molecule has 0 aromatic heterocycles. The van der Waals surface area contributed by atoms with Crippen LogP contribution in [0.4, 0.5) is 21.0 Å². The van der Waals surface area contributed by atoms with E-state index in [0.29, 0.717) is 36.5 Å². The Kier molecular flexibility index (Phi) is 21.5. The number of nitrogens with zero attached hydrogens (tertiary/aromatic N) is 3. The first-order valence-corrected chi connectivity index (χ1v) is 14.6. The lowest BCUT2D eigenvalue weighted by Crippen LogP contribution is -2.33. The Hall–Kier alpha value is -3.41. The molecule has 40 heavy (non-hydrogen) atoms. The van der Waals surface area contributed by atoms with Gasteiger partial charge in [-0.15, -0.1) is 0 Å². The minimum Gasteiger partial charge on any atom is -0.369 e. The van der Waals surface area contributed by atoms with E-state index in [2.05, 4.69) is 60.8 Å². The number of carbonyl (C=O) groups is 3. The Labute approximate surface area is 247 Å². The Balaban J connectivity index is 0.00000147. The highest BCUT2D eigenvalue weighted by Crippen LogP contribution is 2.17. The fourth-order valence-corrected chi connectivity index (χ4v) is 3.84. The minimum atomic E-state index is -0.547. The molecule has 2 rings (SSSR count). The number of likely N-dealkylation sites (tertiary alicyclic amines) is 1. The molecular formula is C28H47BrN8O3. The van der Waals surface area contributed by atoms with Gasteiger partial charge in [-0.2, -0.15) is 0 Å². The summed E-state index contributed by atoms with van der Waals surface area (Å²) in [4.78, 5) is 42.9. The summed E-state index contributed by atoms with van der Waals surface area (Å²) in [5.41, 5.74) is 6.60. The SMILES string of the molecule is C=N/C=C(Br)\C(=N/CNc1cccc(NC(=O)N2CCCC2)c1)NCCCNC(N)=O.CC.CCCC(C)C=O. The molecule has 0 aliphatic carbocycles. The summed E-state index contributed by atoms with van der Waals surface area (Å²) < 4.78 is 0.652. The molecule has 1 aromatic rings. The van der Waals surface area contributed by atoms with Gasteiger partial charge >= 0.3 is 12.1 Å². The van der Waals surface area contributed by atoms with Gasteiger partial charge in [-0.3, -0.25) is 4.99 Å². The zero-order valence-corrected chi connectivity index (χ0v) is 25.9. The first kappa shape index (κ1) is 36.6. The maximum atomic E-state index is 12.3. The van der Waals surface area contributed by atoms with E-state index in [4.69, 9.17) is 5.73 Å². The lowest BCUT2D eigenvalue weighted by Gasteiger charge is -2.16. The highest BCUT2D eigenvalue weighted by Gasteiger charge is 2.17. The fourth-order valence-electron chi connectivity index (χ4n) is 3.43. The first-order chi connectivity index (χ1) is 19.3. The average molecular weight is 624 g/mol. The third kappa shape index (κ3) is 17.2. The van der Waals surface area contributed by atoms with E-state index < -0.39 is 6.03 Å². The number of nitrogens with two attached hydrogens (primary N) is 1. The molecule has 1 aliphatic heterocycles. The zero-order chi connectivity index (χ0) is 30.2. The van der Waals surface area contributed by atoms with Crippen LogP contribution in [-0.4, -0.2) is 68.6 Å². The highest BCUT2D eigenvalue weighted by atomic mass is 79.9. The van der Waals surface area contributed by atoms with Crippen LogP contribution in [0.15, 0.2) is 44.9 Å². The summed E-state index contributed by atoms with van der Waals surface area (Å²) in [6, 6.07) is 6.87. The van der Waals surface area contributed by atoms with Gasteiger partial charge < -0.3 is 36.7 Å².